The largest absolute Gasteiger partial charge is 0.323 e. The molecule has 1 aliphatic rings. The van der Waals surface area contributed by atoms with Crippen LogP contribution in [0, 0.1) is 6.92 Å². The van der Waals surface area contributed by atoms with Crippen LogP contribution in [0.5, 0.6) is 0 Å². The van der Waals surface area contributed by atoms with E-state index in [0.29, 0.717) is 5.25 Å². The summed E-state index contributed by atoms with van der Waals surface area (Å²) in [5.41, 5.74) is 9.82. The predicted molar refractivity (Wildman–Crippen MR) is 83.5 cm³/mol. The SMILES string of the molecule is Cc1ccc2cc(C(N)C3CCCCS3)ccc2n1. The van der Waals surface area contributed by atoms with Crippen molar-refractivity contribution in [2.45, 2.75) is 37.5 Å². The highest BCUT2D eigenvalue weighted by Crippen LogP contribution is 2.34. The third-order valence-corrected chi connectivity index (χ3v) is 5.33. The zero-order valence-electron chi connectivity index (χ0n) is 11.3. The fourth-order valence-corrected chi connectivity index (χ4v) is 4.09. The van der Waals surface area contributed by atoms with Crippen LogP contribution >= 0.6 is 11.8 Å². The number of pyridine rings is 1. The van der Waals surface area contributed by atoms with Crippen molar-refractivity contribution in [3.05, 3.63) is 41.6 Å². The molecule has 2 heterocycles. The molecule has 2 nitrogen and oxygen atoms in total. The molecule has 1 saturated heterocycles. The van der Waals surface area contributed by atoms with Crippen molar-refractivity contribution in [1.29, 1.82) is 0 Å². The van der Waals surface area contributed by atoms with Crippen molar-refractivity contribution in [3.63, 3.8) is 0 Å². The molecule has 3 heteroatoms. The number of nitrogens with two attached hydrogens (primary N) is 1. The monoisotopic (exact) mass is 272 g/mol. The van der Waals surface area contributed by atoms with Crippen LogP contribution in [0.1, 0.15) is 36.6 Å². The van der Waals surface area contributed by atoms with Crippen molar-refractivity contribution in [1.82, 2.24) is 4.98 Å². The summed E-state index contributed by atoms with van der Waals surface area (Å²) >= 11 is 2.03. The second-order valence-electron chi connectivity index (χ2n) is 5.34. The minimum atomic E-state index is 0.149. The first-order valence-corrected chi connectivity index (χ1v) is 8.03. The molecule has 0 spiro atoms. The first-order valence-electron chi connectivity index (χ1n) is 6.98. The molecule has 2 N–H and O–H groups in total. The molecule has 19 heavy (non-hydrogen) atoms. The number of thioether (sulfide) groups is 1. The van der Waals surface area contributed by atoms with Gasteiger partial charge < -0.3 is 5.73 Å². The van der Waals surface area contributed by atoms with E-state index in [0.717, 1.165) is 11.2 Å². The van der Waals surface area contributed by atoms with E-state index in [-0.39, 0.29) is 6.04 Å². The van der Waals surface area contributed by atoms with Gasteiger partial charge in [-0.15, -0.1) is 0 Å². The third-order valence-electron chi connectivity index (χ3n) is 3.85. The van der Waals surface area contributed by atoms with Gasteiger partial charge in [-0.3, -0.25) is 4.98 Å². The normalized spacial score (nSPS) is 21.5. The molecule has 0 saturated carbocycles. The van der Waals surface area contributed by atoms with Crippen molar-refractivity contribution in [3.8, 4) is 0 Å². The topological polar surface area (TPSA) is 38.9 Å². The van der Waals surface area contributed by atoms with Gasteiger partial charge >= 0.3 is 0 Å². The Morgan fingerprint density at radius 3 is 2.95 bits per heavy atom. The molecule has 1 aliphatic heterocycles. The first-order chi connectivity index (χ1) is 9.24. The molecular weight excluding hydrogens is 252 g/mol. The van der Waals surface area contributed by atoms with E-state index in [4.69, 9.17) is 5.73 Å². The van der Waals surface area contributed by atoms with E-state index < -0.39 is 0 Å². The second-order valence-corrected chi connectivity index (χ2v) is 6.68. The zero-order chi connectivity index (χ0) is 13.2. The summed E-state index contributed by atoms with van der Waals surface area (Å²) in [4.78, 5) is 4.54. The van der Waals surface area contributed by atoms with Gasteiger partial charge in [-0.1, -0.05) is 18.6 Å². The van der Waals surface area contributed by atoms with Gasteiger partial charge in [0.15, 0.2) is 0 Å². The smallest absolute Gasteiger partial charge is 0.0705 e. The molecule has 0 radical (unpaired) electrons. The van der Waals surface area contributed by atoms with Gasteiger partial charge in [0.05, 0.1) is 5.52 Å². The molecule has 1 fully saturated rings. The summed E-state index contributed by atoms with van der Waals surface area (Å²) in [6.45, 7) is 2.03. The number of fused-ring (bicyclic) bond motifs is 1. The summed E-state index contributed by atoms with van der Waals surface area (Å²) < 4.78 is 0. The van der Waals surface area contributed by atoms with Crippen molar-refractivity contribution < 1.29 is 0 Å². The molecule has 0 aliphatic carbocycles. The third kappa shape index (κ3) is 2.77. The van der Waals surface area contributed by atoms with E-state index in [1.165, 1.54) is 36.0 Å². The Morgan fingerprint density at radius 2 is 2.16 bits per heavy atom. The molecule has 3 rings (SSSR count). The molecule has 2 aromatic rings. The lowest BCUT2D eigenvalue weighted by atomic mass is 9.98. The number of hydrogen-bond acceptors (Lipinski definition) is 3. The van der Waals surface area contributed by atoms with Gasteiger partial charge in [0.1, 0.15) is 0 Å². The van der Waals surface area contributed by atoms with E-state index in [9.17, 15) is 0 Å². The van der Waals surface area contributed by atoms with Crippen molar-refractivity contribution in [2.75, 3.05) is 5.75 Å². The van der Waals surface area contributed by atoms with Crippen molar-refractivity contribution >= 4 is 22.7 Å². The molecule has 0 bridgehead atoms. The quantitative estimate of drug-likeness (QED) is 0.903. The Balaban J connectivity index is 1.89. The molecule has 2 atom stereocenters. The number of rotatable bonds is 2. The molecule has 1 aromatic heterocycles. The molecule has 0 amide bonds. The van der Waals surface area contributed by atoms with Gasteiger partial charge in [-0.05, 0) is 49.3 Å². The number of benzene rings is 1. The summed E-state index contributed by atoms with van der Waals surface area (Å²) in [5, 5.41) is 1.77. The lowest BCUT2D eigenvalue weighted by Gasteiger charge is -2.27. The van der Waals surface area contributed by atoms with Gasteiger partial charge in [-0.25, -0.2) is 0 Å². The molecular formula is C16H20N2S. The van der Waals surface area contributed by atoms with Gasteiger partial charge in [-0.2, -0.15) is 11.8 Å². The Labute approximate surface area is 118 Å². The number of hydrogen-bond donors (Lipinski definition) is 1. The van der Waals surface area contributed by atoms with E-state index in [1.54, 1.807) is 0 Å². The summed E-state index contributed by atoms with van der Waals surface area (Å²) in [6, 6.07) is 10.8. The highest BCUT2D eigenvalue weighted by Gasteiger charge is 2.22. The summed E-state index contributed by atoms with van der Waals surface area (Å²) in [6.07, 6.45) is 3.91. The highest BCUT2D eigenvalue weighted by atomic mass is 32.2. The van der Waals surface area contributed by atoms with Gasteiger partial charge in [0, 0.05) is 22.4 Å². The van der Waals surface area contributed by atoms with Crippen LogP contribution in [-0.2, 0) is 0 Å². The lowest BCUT2D eigenvalue weighted by Crippen LogP contribution is -2.26. The van der Waals surface area contributed by atoms with E-state index in [1.807, 2.05) is 18.7 Å². The summed E-state index contributed by atoms with van der Waals surface area (Å²) in [5.74, 6) is 1.26. The van der Waals surface area contributed by atoms with E-state index in [2.05, 4.69) is 35.3 Å². The van der Waals surface area contributed by atoms with Crippen LogP contribution in [-0.4, -0.2) is 16.0 Å². The molecule has 100 valence electrons. The van der Waals surface area contributed by atoms with E-state index >= 15 is 0 Å². The Bertz CT molecular complexity index is 576. The minimum absolute atomic E-state index is 0.149. The van der Waals surface area contributed by atoms with Crippen molar-refractivity contribution in [2.24, 2.45) is 5.73 Å². The Hall–Kier alpha value is -1.06. The van der Waals surface area contributed by atoms with Crippen LogP contribution in [0.3, 0.4) is 0 Å². The lowest BCUT2D eigenvalue weighted by molar-refractivity contribution is 0.582. The Kier molecular flexibility index (Phi) is 3.76. The van der Waals surface area contributed by atoms with Gasteiger partial charge in [0.2, 0.25) is 0 Å². The van der Waals surface area contributed by atoms with Crippen LogP contribution in [0.25, 0.3) is 10.9 Å². The first kappa shape index (κ1) is 12.9. The number of nitrogens with zero attached hydrogens (tertiary/aromatic N) is 1. The highest BCUT2D eigenvalue weighted by molar-refractivity contribution is 8.00. The predicted octanol–water partition coefficient (Wildman–Crippen LogP) is 3.83. The average molecular weight is 272 g/mol. The second kappa shape index (κ2) is 5.51. The number of aryl methyl sites for hydroxylation is 1. The van der Waals surface area contributed by atoms with Crippen LogP contribution in [0.4, 0.5) is 0 Å². The maximum atomic E-state index is 6.45. The minimum Gasteiger partial charge on any atom is -0.323 e. The number of aromatic nitrogens is 1. The Morgan fingerprint density at radius 1 is 1.26 bits per heavy atom. The molecule has 1 aromatic carbocycles. The van der Waals surface area contributed by atoms with Crippen LogP contribution in [0.15, 0.2) is 30.3 Å². The fraction of sp³-hybridized carbons (Fsp3) is 0.438. The maximum absolute atomic E-state index is 6.45. The average Bonchev–Trinajstić information content (AvgIpc) is 2.47. The molecule has 2 unspecified atom stereocenters. The van der Waals surface area contributed by atoms with Gasteiger partial charge in [0.25, 0.3) is 0 Å². The maximum Gasteiger partial charge on any atom is 0.0705 e. The fourth-order valence-electron chi connectivity index (χ4n) is 2.72. The van der Waals surface area contributed by atoms with Crippen LogP contribution < -0.4 is 5.73 Å². The standard InChI is InChI=1S/C16H20N2S/c1-11-5-6-12-10-13(7-8-14(12)18-11)16(17)15-4-2-3-9-19-15/h5-8,10,15-16H,2-4,9,17H2,1H3. The summed E-state index contributed by atoms with van der Waals surface area (Å²) in [7, 11) is 0. The van der Waals surface area contributed by atoms with Crippen LogP contribution in [0.2, 0.25) is 0 Å². The zero-order valence-corrected chi connectivity index (χ0v) is 12.1.